The van der Waals surface area contributed by atoms with E-state index in [1.165, 1.54) is 0 Å². The van der Waals surface area contributed by atoms with E-state index in [2.05, 4.69) is 27.4 Å². The van der Waals surface area contributed by atoms with Crippen LogP contribution in [0.2, 0.25) is 0 Å². The van der Waals surface area contributed by atoms with E-state index in [-0.39, 0.29) is 5.91 Å². The number of aromatic nitrogens is 3. The monoisotopic (exact) mass is 363 g/mol. The van der Waals surface area contributed by atoms with Gasteiger partial charge in [0.2, 0.25) is 0 Å². The smallest absolute Gasteiger partial charge is 0.252 e. The Balaban J connectivity index is 1.60. The molecule has 1 aromatic carbocycles. The summed E-state index contributed by atoms with van der Waals surface area (Å²) in [5.41, 5.74) is 5.52. The molecule has 0 radical (unpaired) electrons. The highest BCUT2D eigenvalue weighted by Crippen LogP contribution is 2.40. The molecule has 140 valence electrons. The van der Waals surface area contributed by atoms with Crippen molar-refractivity contribution in [3.05, 3.63) is 52.8 Å². The zero-order valence-corrected chi connectivity index (χ0v) is 16.3. The lowest BCUT2D eigenvalue weighted by atomic mass is 10.1. The molecule has 2 heterocycles. The standard InChI is InChI=1S/C21H25N5O/c1-13-19-17(11-18(15-7-8-15)23-20(19)26(4)24-13)21(27)22-12-14-5-9-16(10-6-14)25(2)3/h5-6,9-11,15H,7-8,12H2,1-4H3,(H,22,27). The number of pyridine rings is 1. The number of hydrogen-bond acceptors (Lipinski definition) is 4. The fraction of sp³-hybridized carbons (Fsp3) is 0.381. The molecular formula is C21H25N5O. The van der Waals surface area contributed by atoms with Crippen LogP contribution in [0, 0.1) is 6.92 Å². The zero-order chi connectivity index (χ0) is 19.1. The van der Waals surface area contributed by atoms with E-state index in [4.69, 9.17) is 4.98 Å². The zero-order valence-electron chi connectivity index (χ0n) is 16.3. The third-order valence-corrected chi connectivity index (χ3v) is 5.13. The third kappa shape index (κ3) is 3.39. The van der Waals surface area contributed by atoms with Crippen molar-refractivity contribution >= 4 is 22.6 Å². The van der Waals surface area contributed by atoms with Crippen molar-refractivity contribution in [2.75, 3.05) is 19.0 Å². The SMILES string of the molecule is Cc1nn(C)c2nc(C3CC3)cc(C(=O)NCc3ccc(N(C)C)cc3)c12. The molecule has 1 aliphatic rings. The Morgan fingerprint density at radius 2 is 1.96 bits per heavy atom. The van der Waals surface area contributed by atoms with E-state index in [9.17, 15) is 4.79 Å². The first-order valence-electron chi connectivity index (χ1n) is 9.32. The molecule has 1 N–H and O–H groups in total. The van der Waals surface area contributed by atoms with Crippen molar-refractivity contribution in [3.63, 3.8) is 0 Å². The van der Waals surface area contributed by atoms with Crippen LogP contribution < -0.4 is 10.2 Å². The highest BCUT2D eigenvalue weighted by Gasteiger charge is 2.28. The molecule has 1 fully saturated rings. The molecule has 0 saturated heterocycles. The minimum absolute atomic E-state index is 0.0721. The molecule has 27 heavy (non-hydrogen) atoms. The second kappa shape index (κ2) is 6.68. The highest BCUT2D eigenvalue weighted by atomic mass is 16.1. The Bertz CT molecular complexity index is 1000. The number of nitrogens with one attached hydrogen (secondary N) is 1. The second-order valence-corrected chi connectivity index (χ2v) is 7.52. The van der Waals surface area contributed by atoms with E-state index in [1.807, 2.05) is 46.3 Å². The van der Waals surface area contributed by atoms with Gasteiger partial charge in [-0.15, -0.1) is 0 Å². The van der Waals surface area contributed by atoms with Crippen LogP contribution in [0.15, 0.2) is 30.3 Å². The van der Waals surface area contributed by atoms with Gasteiger partial charge in [0, 0.05) is 45.0 Å². The Labute approximate surface area is 159 Å². The molecule has 1 saturated carbocycles. The topological polar surface area (TPSA) is 63.1 Å². The molecule has 0 bridgehead atoms. The fourth-order valence-electron chi connectivity index (χ4n) is 3.42. The van der Waals surface area contributed by atoms with Gasteiger partial charge in [-0.3, -0.25) is 9.48 Å². The van der Waals surface area contributed by atoms with Gasteiger partial charge < -0.3 is 10.2 Å². The van der Waals surface area contributed by atoms with Gasteiger partial charge in [0.25, 0.3) is 5.91 Å². The molecular weight excluding hydrogens is 338 g/mol. The van der Waals surface area contributed by atoms with Gasteiger partial charge in [0.05, 0.1) is 16.6 Å². The van der Waals surface area contributed by atoms with Crippen LogP contribution in [0.5, 0.6) is 0 Å². The van der Waals surface area contributed by atoms with Crippen LogP contribution in [0.25, 0.3) is 11.0 Å². The van der Waals surface area contributed by atoms with E-state index >= 15 is 0 Å². The number of nitrogens with zero attached hydrogens (tertiary/aromatic N) is 4. The number of carbonyl (C=O) groups excluding carboxylic acids is 1. The maximum atomic E-state index is 13.0. The molecule has 0 aliphatic heterocycles. The van der Waals surface area contributed by atoms with Crippen LogP contribution in [0.1, 0.15) is 46.1 Å². The van der Waals surface area contributed by atoms with Crippen molar-refractivity contribution in [1.82, 2.24) is 20.1 Å². The van der Waals surface area contributed by atoms with Crippen LogP contribution in [0.3, 0.4) is 0 Å². The summed E-state index contributed by atoms with van der Waals surface area (Å²) in [5.74, 6) is 0.409. The number of hydrogen-bond donors (Lipinski definition) is 1. The van der Waals surface area contributed by atoms with Crippen LogP contribution in [-0.4, -0.2) is 34.8 Å². The Morgan fingerprint density at radius 1 is 1.26 bits per heavy atom. The first-order chi connectivity index (χ1) is 12.9. The average molecular weight is 363 g/mol. The Kier molecular flexibility index (Phi) is 4.34. The number of fused-ring (bicyclic) bond motifs is 1. The van der Waals surface area contributed by atoms with Gasteiger partial charge in [0.1, 0.15) is 0 Å². The van der Waals surface area contributed by atoms with Crippen LogP contribution >= 0.6 is 0 Å². The van der Waals surface area contributed by atoms with Crippen molar-refractivity contribution in [2.45, 2.75) is 32.2 Å². The number of rotatable bonds is 5. The van der Waals surface area contributed by atoms with Crippen molar-refractivity contribution in [3.8, 4) is 0 Å². The lowest BCUT2D eigenvalue weighted by molar-refractivity contribution is 0.0952. The van der Waals surface area contributed by atoms with Crippen molar-refractivity contribution in [2.24, 2.45) is 7.05 Å². The molecule has 1 aliphatic carbocycles. The molecule has 0 unspecified atom stereocenters. The molecule has 2 aromatic heterocycles. The molecule has 4 rings (SSSR count). The van der Waals surface area contributed by atoms with Gasteiger partial charge in [-0.1, -0.05) is 12.1 Å². The molecule has 0 spiro atoms. The Morgan fingerprint density at radius 3 is 2.59 bits per heavy atom. The second-order valence-electron chi connectivity index (χ2n) is 7.52. The van der Waals surface area contributed by atoms with E-state index in [1.54, 1.807) is 4.68 Å². The summed E-state index contributed by atoms with van der Waals surface area (Å²) in [5, 5.41) is 8.38. The lowest BCUT2D eigenvalue weighted by Gasteiger charge is -2.13. The number of aryl methyl sites for hydroxylation is 2. The first-order valence-corrected chi connectivity index (χ1v) is 9.32. The van der Waals surface area contributed by atoms with Crippen molar-refractivity contribution in [1.29, 1.82) is 0 Å². The minimum Gasteiger partial charge on any atom is -0.378 e. The van der Waals surface area contributed by atoms with E-state index in [0.717, 1.165) is 46.5 Å². The maximum Gasteiger partial charge on any atom is 0.252 e. The quantitative estimate of drug-likeness (QED) is 0.756. The highest BCUT2D eigenvalue weighted by molar-refractivity contribution is 6.06. The summed E-state index contributed by atoms with van der Waals surface area (Å²) in [6.07, 6.45) is 2.29. The van der Waals surface area contributed by atoms with E-state index in [0.29, 0.717) is 18.0 Å². The molecule has 1 amide bonds. The largest absolute Gasteiger partial charge is 0.378 e. The average Bonchev–Trinajstić information content (AvgIpc) is 3.46. The summed E-state index contributed by atoms with van der Waals surface area (Å²) in [6, 6.07) is 10.2. The van der Waals surface area contributed by atoms with Crippen molar-refractivity contribution < 1.29 is 4.79 Å². The molecule has 3 aromatic rings. The molecule has 0 atom stereocenters. The maximum absolute atomic E-state index is 13.0. The van der Waals surface area contributed by atoms with Gasteiger partial charge in [-0.05, 0) is 43.5 Å². The van der Waals surface area contributed by atoms with E-state index < -0.39 is 0 Å². The summed E-state index contributed by atoms with van der Waals surface area (Å²) in [7, 11) is 5.91. The number of anilines is 1. The number of amides is 1. The molecule has 6 heteroatoms. The van der Waals surface area contributed by atoms with Gasteiger partial charge in [0.15, 0.2) is 5.65 Å². The number of benzene rings is 1. The van der Waals surface area contributed by atoms with Gasteiger partial charge >= 0.3 is 0 Å². The summed E-state index contributed by atoms with van der Waals surface area (Å²) < 4.78 is 1.77. The van der Waals surface area contributed by atoms with Gasteiger partial charge in [-0.25, -0.2) is 4.98 Å². The summed E-state index contributed by atoms with van der Waals surface area (Å²) in [6.45, 7) is 2.42. The van der Waals surface area contributed by atoms with Crippen LogP contribution in [0.4, 0.5) is 5.69 Å². The number of carbonyl (C=O) groups is 1. The third-order valence-electron chi connectivity index (χ3n) is 5.13. The van der Waals surface area contributed by atoms with Gasteiger partial charge in [-0.2, -0.15) is 5.10 Å². The predicted octanol–water partition coefficient (Wildman–Crippen LogP) is 3.15. The predicted molar refractivity (Wildman–Crippen MR) is 107 cm³/mol. The lowest BCUT2D eigenvalue weighted by Crippen LogP contribution is -2.23. The summed E-state index contributed by atoms with van der Waals surface area (Å²) >= 11 is 0. The minimum atomic E-state index is -0.0721. The first kappa shape index (κ1) is 17.5. The van der Waals surface area contributed by atoms with Crippen LogP contribution in [-0.2, 0) is 13.6 Å². The summed E-state index contributed by atoms with van der Waals surface area (Å²) in [4.78, 5) is 19.8. The Hall–Kier alpha value is -2.89. The fourth-order valence-corrected chi connectivity index (χ4v) is 3.42. The molecule has 6 nitrogen and oxygen atoms in total. The normalized spacial score (nSPS) is 13.8.